The molecule has 0 radical (unpaired) electrons. The summed E-state index contributed by atoms with van der Waals surface area (Å²) in [5.41, 5.74) is 1.64. The lowest BCUT2D eigenvalue weighted by molar-refractivity contribution is 0.0963. The van der Waals surface area contributed by atoms with E-state index < -0.39 is 0 Å². The summed E-state index contributed by atoms with van der Waals surface area (Å²) in [4.78, 5) is 16.7. The quantitative estimate of drug-likeness (QED) is 0.758. The number of hydrogen-bond acceptors (Lipinski definition) is 2. The van der Waals surface area contributed by atoms with Crippen molar-refractivity contribution in [2.24, 2.45) is 5.92 Å². The largest absolute Gasteiger partial charge is 0.294 e. The van der Waals surface area contributed by atoms with Crippen LogP contribution in [0.2, 0.25) is 0 Å². The molecule has 18 heavy (non-hydrogen) atoms. The number of hydrogen-bond donors (Lipinski definition) is 0. The summed E-state index contributed by atoms with van der Waals surface area (Å²) in [6.07, 6.45) is 7.44. The molecule has 1 aliphatic rings. The number of Topliss-reactive ketones (excluding diaryl/α,β-unsaturated/α-hetero) is 1. The normalized spacial score (nSPS) is 16.2. The van der Waals surface area contributed by atoms with Crippen molar-refractivity contribution in [3.63, 3.8) is 0 Å². The van der Waals surface area contributed by atoms with E-state index in [1.54, 1.807) is 6.20 Å². The highest BCUT2D eigenvalue weighted by molar-refractivity contribution is 6.06. The molecule has 2 aromatic rings. The number of para-hydroxylation sites is 1. The van der Waals surface area contributed by atoms with Crippen LogP contribution in [0, 0.1) is 5.92 Å². The lowest BCUT2D eigenvalue weighted by Crippen LogP contribution is -2.06. The number of rotatable bonds is 3. The van der Waals surface area contributed by atoms with E-state index in [4.69, 9.17) is 0 Å². The maximum absolute atomic E-state index is 12.4. The number of fused-ring (bicyclic) bond motifs is 1. The summed E-state index contributed by atoms with van der Waals surface area (Å²) in [5.74, 6) is 0.850. The molecule has 2 heteroatoms. The molecule has 1 heterocycles. The Labute approximate surface area is 107 Å². The first-order chi connectivity index (χ1) is 8.84. The first kappa shape index (κ1) is 11.4. The van der Waals surface area contributed by atoms with Crippen molar-refractivity contribution in [2.75, 3.05) is 0 Å². The van der Waals surface area contributed by atoms with Gasteiger partial charge in [-0.15, -0.1) is 0 Å². The predicted molar refractivity (Wildman–Crippen MR) is 72.6 cm³/mol. The van der Waals surface area contributed by atoms with E-state index in [2.05, 4.69) is 4.98 Å². The Hall–Kier alpha value is -1.70. The molecule has 3 rings (SSSR count). The van der Waals surface area contributed by atoms with Gasteiger partial charge in [0.15, 0.2) is 5.78 Å². The van der Waals surface area contributed by atoms with E-state index in [1.807, 2.05) is 30.3 Å². The topological polar surface area (TPSA) is 30.0 Å². The highest BCUT2D eigenvalue weighted by atomic mass is 16.1. The molecule has 92 valence electrons. The van der Waals surface area contributed by atoms with Gasteiger partial charge >= 0.3 is 0 Å². The molecule has 0 N–H and O–H groups in total. The summed E-state index contributed by atoms with van der Waals surface area (Å²) in [6.45, 7) is 0. The number of ketones is 1. The molecule has 0 amide bonds. The Kier molecular flexibility index (Phi) is 3.09. The van der Waals surface area contributed by atoms with Crippen LogP contribution in [0.5, 0.6) is 0 Å². The Balaban J connectivity index is 1.91. The van der Waals surface area contributed by atoms with Crippen molar-refractivity contribution in [3.8, 4) is 0 Å². The molecule has 2 nitrogen and oxygen atoms in total. The van der Waals surface area contributed by atoms with E-state index in [-0.39, 0.29) is 5.78 Å². The standard InChI is InChI=1S/C16H17NO/c18-15(11-12-5-1-2-6-12)14-9-3-7-13-8-4-10-17-16(13)14/h3-4,7-10,12H,1-2,5-6,11H2. The maximum Gasteiger partial charge on any atom is 0.165 e. The lowest BCUT2D eigenvalue weighted by atomic mass is 9.95. The van der Waals surface area contributed by atoms with Gasteiger partial charge in [0, 0.05) is 23.6 Å². The zero-order valence-electron chi connectivity index (χ0n) is 10.4. The third-order valence-corrected chi connectivity index (χ3v) is 3.88. The van der Waals surface area contributed by atoms with Gasteiger partial charge in [0.2, 0.25) is 0 Å². The molecule has 0 unspecified atom stereocenters. The zero-order chi connectivity index (χ0) is 12.4. The molecule has 0 bridgehead atoms. The van der Waals surface area contributed by atoms with Gasteiger partial charge in [0.1, 0.15) is 0 Å². The van der Waals surface area contributed by atoms with Crippen molar-refractivity contribution in [3.05, 3.63) is 42.1 Å². The summed E-state index contributed by atoms with van der Waals surface area (Å²) >= 11 is 0. The average Bonchev–Trinajstić information content (AvgIpc) is 2.91. The van der Waals surface area contributed by atoms with Gasteiger partial charge in [-0.05, 0) is 18.1 Å². The van der Waals surface area contributed by atoms with E-state index >= 15 is 0 Å². The second kappa shape index (κ2) is 4.89. The van der Waals surface area contributed by atoms with Gasteiger partial charge in [-0.3, -0.25) is 9.78 Å². The van der Waals surface area contributed by atoms with Crippen molar-refractivity contribution in [1.29, 1.82) is 0 Å². The molecule has 0 spiro atoms. The van der Waals surface area contributed by atoms with Crippen LogP contribution in [0.25, 0.3) is 10.9 Å². The summed E-state index contributed by atoms with van der Waals surface area (Å²) < 4.78 is 0. The number of nitrogens with zero attached hydrogens (tertiary/aromatic N) is 1. The van der Waals surface area contributed by atoms with Crippen LogP contribution in [0.1, 0.15) is 42.5 Å². The minimum absolute atomic E-state index is 0.256. The van der Waals surface area contributed by atoms with E-state index in [1.165, 1.54) is 25.7 Å². The van der Waals surface area contributed by atoms with Crippen molar-refractivity contribution in [2.45, 2.75) is 32.1 Å². The highest BCUT2D eigenvalue weighted by Crippen LogP contribution is 2.29. The minimum atomic E-state index is 0.256. The van der Waals surface area contributed by atoms with Gasteiger partial charge in [0.05, 0.1) is 5.52 Å². The maximum atomic E-state index is 12.4. The molecule has 1 saturated carbocycles. The van der Waals surface area contributed by atoms with Crippen LogP contribution in [0.15, 0.2) is 36.5 Å². The number of benzene rings is 1. The summed E-state index contributed by atoms with van der Waals surface area (Å²) in [7, 11) is 0. The van der Waals surface area contributed by atoms with Crippen LogP contribution < -0.4 is 0 Å². The number of pyridine rings is 1. The van der Waals surface area contributed by atoms with E-state index in [0.717, 1.165) is 16.5 Å². The molecule has 1 aromatic heterocycles. The second-order valence-electron chi connectivity index (χ2n) is 5.16. The molecule has 1 aliphatic carbocycles. The number of carbonyl (C=O) groups is 1. The minimum Gasteiger partial charge on any atom is -0.294 e. The fourth-order valence-electron chi connectivity index (χ4n) is 2.92. The van der Waals surface area contributed by atoms with Crippen LogP contribution in [0.4, 0.5) is 0 Å². The van der Waals surface area contributed by atoms with Gasteiger partial charge in [-0.2, -0.15) is 0 Å². The Morgan fingerprint density at radius 2 is 1.94 bits per heavy atom. The van der Waals surface area contributed by atoms with Crippen molar-refractivity contribution in [1.82, 2.24) is 4.98 Å². The van der Waals surface area contributed by atoms with Crippen LogP contribution in [-0.2, 0) is 0 Å². The van der Waals surface area contributed by atoms with Gasteiger partial charge in [-0.25, -0.2) is 0 Å². The molecule has 0 aliphatic heterocycles. The fraction of sp³-hybridized carbons (Fsp3) is 0.375. The summed E-state index contributed by atoms with van der Waals surface area (Å²) in [6, 6.07) is 9.79. The molecular weight excluding hydrogens is 222 g/mol. The fourth-order valence-corrected chi connectivity index (χ4v) is 2.92. The number of carbonyl (C=O) groups excluding carboxylic acids is 1. The van der Waals surface area contributed by atoms with Crippen molar-refractivity contribution < 1.29 is 4.79 Å². The Bertz CT molecular complexity index is 565. The second-order valence-corrected chi connectivity index (χ2v) is 5.16. The first-order valence-corrected chi connectivity index (χ1v) is 6.71. The Morgan fingerprint density at radius 3 is 2.78 bits per heavy atom. The SMILES string of the molecule is O=C(CC1CCCC1)c1cccc2cccnc12. The molecule has 0 atom stereocenters. The van der Waals surface area contributed by atoms with Crippen LogP contribution in [0.3, 0.4) is 0 Å². The Morgan fingerprint density at radius 1 is 1.17 bits per heavy atom. The highest BCUT2D eigenvalue weighted by Gasteiger charge is 2.20. The van der Waals surface area contributed by atoms with E-state index in [9.17, 15) is 4.79 Å². The van der Waals surface area contributed by atoms with Crippen LogP contribution in [-0.4, -0.2) is 10.8 Å². The smallest absolute Gasteiger partial charge is 0.165 e. The predicted octanol–water partition coefficient (Wildman–Crippen LogP) is 4.00. The van der Waals surface area contributed by atoms with Gasteiger partial charge in [-0.1, -0.05) is 43.9 Å². The molecule has 0 saturated heterocycles. The average molecular weight is 239 g/mol. The first-order valence-electron chi connectivity index (χ1n) is 6.71. The van der Waals surface area contributed by atoms with Gasteiger partial charge < -0.3 is 0 Å². The zero-order valence-corrected chi connectivity index (χ0v) is 10.4. The number of aromatic nitrogens is 1. The third-order valence-electron chi connectivity index (χ3n) is 3.88. The van der Waals surface area contributed by atoms with Crippen LogP contribution >= 0.6 is 0 Å². The van der Waals surface area contributed by atoms with E-state index in [0.29, 0.717) is 12.3 Å². The monoisotopic (exact) mass is 239 g/mol. The summed E-state index contributed by atoms with van der Waals surface area (Å²) in [5, 5.41) is 1.05. The van der Waals surface area contributed by atoms with Crippen molar-refractivity contribution >= 4 is 16.7 Å². The third kappa shape index (κ3) is 2.15. The molecular formula is C16H17NO. The molecule has 1 aromatic carbocycles. The molecule has 1 fully saturated rings. The lowest BCUT2D eigenvalue weighted by Gasteiger charge is -2.09. The van der Waals surface area contributed by atoms with Gasteiger partial charge in [0.25, 0.3) is 0 Å².